The SMILES string of the molecule is CC(C)CC(C)OCCC(=O)Nc1ccc2nc[nH]c(=O)c2c1. The molecule has 1 amide bonds. The van der Waals surface area contributed by atoms with Gasteiger partial charge in [-0.1, -0.05) is 13.8 Å². The van der Waals surface area contributed by atoms with Crippen molar-refractivity contribution in [3.8, 4) is 0 Å². The van der Waals surface area contributed by atoms with Crippen molar-refractivity contribution >= 4 is 22.5 Å². The maximum absolute atomic E-state index is 11.9. The highest BCUT2D eigenvalue weighted by Crippen LogP contribution is 2.14. The van der Waals surface area contributed by atoms with Crippen molar-refractivity contribution < 1.29 is 9.53 Å². The van der Waals surface area contributed by atoms with Gasteiger partial charge in [-0.05, 0) is 37.5 Å². The number of hydrogen-bond acceptors (Lipinski definition) is 4. The number of hydrogen-bond donors (Lipinski definition) is 2. The number of ether oxygens (including phenoxy) is 1. The van der Waals surface area contributed by atoms with Gasteiger partial charge in [0, 0.05) is 5.69 Å². The molecule has 0 fully saturated rings. The summed E-state index contributed by atoms with van der Waals surface area (Å²) in [5, 5.41) is 3.23. The molecule has 23 heavy (non-hydrogen) atoms. The number of aromatic amines is 1. The van der Waals surface area contributed by atoms with Crippen LogP contribution >= 0.6 is 0 Å². The molecule has 0 saturated heterocycles. The average molecular weight is 317 g/mol. The van der Waals surface area contributed by atoms with Crippen LogP contribution in [0.2, 0.25) is 0 Å². The zero-order valence-electron chi connectivity index (χ0n) is 13.8. The second kappa shape index (κ2) is 7.87. The van der Waals surface area contributed by atoms with Crippen molar-refractivity contribution in [1.82, 2.24) is 9.97 Å². The normalized spacial score (nSPS) is 12.5. The number of H-pyrrole nitrogens is 1. The van der Waals surface area contributed by atoms with Crippen molar-refractivity contribution in [2.45, 2.75) is 39.7 Å². The molecular weight excluding hydrogens is 294 g/mol. The van der Waals surface area contributed by atoms with Gasteiger partial charge in [0.15, 0.2) is 0 Å². The first-order valence-electron chi connectivity index (χ1n) is 7.84. The van der Waals surface area contributed by atoms with Crippen molar-refractivity contribution in [2.24, 2.45) is 5.92 Å². The quantitative estimate of drug-likeness (QED) is 0.822. The lowest BCUT2D eigenvalue weighted by molar-refractivity contribution is -0.117. The lowest BCUT2D eigenvalue weighted by Crippen LogP contribution is -2.18. The maximum Gasteiger partial charge on any atom is 0.258 e. The lowest BCUT2D eigenvalue weighted by atomic mass is 10.1. The second-order valence-electron chi connectivity index (χ2n) is 6.07. The number of benzene rings is 1. The van der Waals surface area contributed by atoms with E-state index in [1.165, 1.54) is 6.33 Å². The molecule has 0 radical (unpaired) electrons. The van der Waals surface area contributed by atoms with E-state index >= 15 is 0 Å². The fraction of sp³-hybridized carbons (Fsp3) is 0.471. The molecule has 0 aliphatic rings. The number of amides is 1. The van der Waals surface area contributed by atoms with Gasteiger partial charge in [0.2, 0.25) is 5.91 Å². The molecule has 2 N–H and O–H groups in total. The van der Waals surface area contributed by atoms with Crippen LogP contribution in [0.15, 0.2) is 29.3 Å². The van der Waals surface area contributed by atoms with Gasteiger partial charge >= 0.3 is 0 Å². The minimum atomic E-state index is -0.225. The van der Waals surface area contributed by atoms with Gasteiger partial charge in [-0.2, -0.15) is 0 Å². The van der Waals surface area contributed by atoms with Crippen LogP contribution < -0.4 is 10.9 Å². The molecule has 0 aliphatic heterocycles. The molecule has 1 aromatic heterocycles. The summed E-state index contributed by atoms with van der Waals surface area (Å²) in [5.74, 6) is 0.435. The summed E-state index contributed by atoms with van der Waals surface area (Å²) >= 11 is 0. The van der Waals surface area contributed by atoms with Gasteiger partial charge in [-0.3, -0.25) is 9.59 Å². The maximum atomic E-state index is 11.9. The predicted molar refractivity (Wildman–Crippen MR) is 90.5 cm³/mol. The summed E-state index contributed by atoms with van der Waals surface area (Å²) in [4.78, 5) is 30.3. The molecule has 124 valence electrons. The summed E-state index contributed by atoms with van der Waals surface area (Å²) in [6.45, 7) is 6.68. The second-order valence-corrected chi connectivity index (χ2v) is 6.07. The van der Waals surface area contributed by atoms with Crippen LogP contribution in [0.1, 0.15) is 33.6 Å². The Bertz CT molecular complexity index is 724. The van der Waals surface area contributed by atoms with Gasteiger partial charge in [-0.15, -0.1) is 0 Å². The number of rotatable bonds is 7. The minimum absolute atomic E-state index is 0.138. The van der Waals surface area contributed by atoms with Gasteiger partial charge < -0.3 is 15.0 Å². The van der Waals surface area contributed by atoms with E-state index in [9.17, 15) is 9.59 Å². The number of carbonyl (C=O) groups is 1. The van der Waals surface area contributed by atoms with Crippen LogP contribution in [0.25, 0.3) is 10.9 Å². The molecule has 0 aliphatic carbocycles. The number of anilines is 1. The molecule has 1 unspecified atom stereocenters. The van der Waals surface area contributed by atoms with E-state index in [-0.39, 0.29) is 24.0 Å². The Kier molecular flexibility index (Phi) is 5.87. The van der Waals surface area contributed by atoms with Crippen LogP contribution in [0, 0.1) is 5.92 Å². The zero-order chi connectivity index (χ0) is 16.8. The topological polar surface area (TPSA) is 84.1 Å². The van der Waals surface area contributed by atoms with Crippen molar-refractivity contribution in [1.29, 1.82) is 0 Å². The molecule has 1 aromatic carbocycles. The zero-order valence-corrected chi connectivity index (χ0v) is 13.8. The van der Waals surface area contributed by atoms with E-state index in [0.29, 0.717) is 29.1 Å². The highest BCUT2D eigenvalue weighted by atomic mass is 16.5. The molecule has 1 atom stereocenters. The van der Waals surface area contributed by atoms with E-state index in [0.717, 1.165) is 6.42 Å². The molecule has 2 aromatic rings. The molecule has 6 heteroatoms. The minimum Gasteiger partial charge on any atom is -0.378 e. The van der Waals surface area contributed by atoms with Crippen molar-refractivity contribution in [2.75, 3.05) is 11.9 Å². The monoisotopic (exact) mass is 317 g/mol. The Hall–Kier alpha value is -2.21. The van der Waals surface area contributed by atoms with Gasteiger partial charge in [0.25, 0.3) is 5.56 Å². The van der Waals surface area contributed by atoms with E-state index in [1.807, 2.05) is 6.92 Å². The van der Waals surface area contributed by atoms with Crippen LogP contribution in [0.3, 0.4) is 0 Å². The van der Waals surface area contributed by atoms with Crippen molar-refractivity contribution in [3.05, 3.63) is 34.9 Å². The highest BCUT2D eigenvalue weighted by molar-refractivity contribution is 5.93. The molecule has 0 saturated carbocycles. The molecule has 0 bridgehead atoms. The van der Waals surface area contributed by atoms with Gasteiger partial charge in [-0.25, -0.2) is 4.98 Å². The number of nitrogens with zero attached hydrogens (tertiary/aromatic N) is 1. The van der Waals surface area contributed by atoms with E-state index < -0.39 is 0 Å². The van der Waals surface area contributed by atoms with E-state index in [1.54, 1.807) is 18.2 Å². The summed E-state index contributed by atoms with van der Waals surface area (Å²) in [6, 6.07) is 5.07. The van der Waals surface area contributed by atoms with Crippen LogP contribution in [0.5, 0.6) is 0 Å². The fourth-order valence-corrected chi connectivity index (χ4v) is 2.45. The highest BCUT2D eigenvalue weighted by Gasteiger charge is 2.08. The Balaban J connectivity index is 1.88. The van der Waals surface area contributed by atoms with E-state index in [2.05, 4.69) is 29.1 Å². The standard InChI is InChI=1S/C17H23N3O3/c1-11(2)8-12(3)23-7-6-16(21)20-13-4-5-15-14(9-13)17(22)19-10-18-15/h4-5,9-12H,6-8H2,1-3H3,(H,20,21)(H,18,19,22). The Morgan fingerprint density at radius 3 is 2.87 bits per heavy atom. The third-order valence-electron chi connectivity index (χ3n) is 3.46. The summed E-state index contributed by atoms with van der Waals surface area (Å²) in [6.07, 6.45) is 2.76. The fourth-order valence-electron chi connectivity index (χ4n) is 2.45. The smallest absolute Gasteiger partial charge is 0.258 e. The first kappa shape index (κ1) is 17.1. The first-order valence-corrected chi connectivity index (χ1v) is 7.84. The number of aromatic nitrogens is 2. The predicted octanol–water partition coefficient (Wildman–Crippen LogP) is 2.70. The lowest BCUT2D eigenvalue weighted by Gasteiger charge is -2.15. The number of carbonyl (C=O) groups excluding carboxylic acids is 1. The summed E-state index contributed by atoms with van der Waals surface area (Å²) < 4.78 is 5.62. The average Bonchev–Trinajstić information content (AvgIpc) is 2.47. The number of fused-ring (bicyclic) bond motifs is 1. The third kappa shape index (κ3) is 5.17. The first-order chi connectivity index (χ1) is 11.0. The summed E-state index contributed by atoms with van der Waals surface area (Å²) in [7, 11) is 0. The van der Waals surface area contributed by atoms with Gasteiger partial charge in [0.1, 0.15) is 0 Å². The molecule has 0 spiro atoms. The third-order valence-corrected chi connectivity index (χ3v) is 3.46. The molecular formula is C17H23N3O3. The Morgan fingerprint density at radius 1 is 1.35 bits per heavy atom. The Labute approximate surface area is 135 Å². The van der Waals surface area contributed by atoms with Gasteiger partial charge in [0.05, 0.1) is 36.4 Å². The van der Waals surface area contributed by atoms with Crippen LogP contribution in [-0.4, -0.2) is 28.6 Å². The van der Waals surface area contributed by atoms with Crippen LogP contribution in [-0.2, 0) is 9.53 Å². The number of nitrogens with one attached hydrogen (secondary N) is 2. The van der Waals surface area contributed by atoms with Crippen LogP contribution in [0.4, 0.5) is 5.69 Å². The molecule has 2 rings (SSSR count). The largest absolute Gasteiger partial charge is 0.378 e. The molecule has 6 nitrogen and oxygen atoms in total. The summed E-state index contributed by atoms with van der Waals surface area (Å²) in [5.41, 5.74) is 0.950. The molecule has 1 heterocycles. The van der Waals surface area contributed by atoms with E-state index in [4.69, 9.17) is 4.74 Å². The Morgan fingerprint density at radius 2 is 2.13 bits per heavy atom. The van der Waals surface area contributed by atoms with Crippen molar-refractivity contribution in [3.63, 3.8) is 0 Å².